The summed E-state index contributed by atoms with van der Waals surface area (Å²) < 4.78 is 11.3. The summed E-state index contributed by atoms with van der Waals surface area (Å²) in [5, 5.41) is 3.56. The molecule has 0 saturated heterocycles. The van der Waals surface area contributed by atoms with Crippen LogP contribution in [0.3, 0.4) is 0 Å². The van der Waals surface area contributed by atoms with Gasteiger partial charge in [0.15, 0.2) is 5.78 Å². The summed E-state index contributed by atoms with van der Waals surface area (Å²) in [6, 6.07) is 12.8. The first-order chi connectivity index (χ1) is 16.8. The van der Waals surface area contributed by atoms with Gasteiger partial charge in [-0.15, -0.1) is 0 Å². The van der Waals surface area contributed by atoms with E-state index in [2.05, 4.69) is 26.1 Å². The zero-order chi connectivity index (χ0) is 25.2. The molecule has 2 aliphatic rings. The molecule has 2 aromatic rings. The second-order valence-corrected chi connectivity index (χ2v) is 10.2. The van der Waals surface area contributed by atoms with Gasteiger partial charge in [-0.2, -0.15) is 0 Å². The van der Waals surface area contributed by atoms with Crippen molar-refractivity contribution in [1.29, 1.82) is 0 Å². The highest BCUT2D eigenvalue weighted by Gasteiger charge is 2.44. The molecular weight excluding hydrogens is 440 g/mol. The van der Waals surface area contributed by atoms with Gasteiger partial charge in [-0.1, -0.05) is 45.7 Å². The number of ketones is 1. The van der Waals surface area contributed by atoms with Gasteiger partial charge in [0.2, 0.25) is 5.91 Å². The van der Waals surface area contributed by atoms with Crippen LogP contribution in [-0.4, -0.2) is 25.9 Å². The number of nitrogens with one attached hydrogen (secondary N) is 1. The lowest BCUT2D eigenvalue weighted by Crippen LogP contribution is -2.39. The second kappa shape index (κ2) is 10.1. The number of Topliss-reactive ketones (excluding diaryl/α,β-unsaturated/α-hetero) is 1. The van der Waals surface area contributed by atoms with Gasteiger partial charge in [-0.05, 0) is 48.6 Å². The van der Waals surface area contributed by atoms with Gasteiger partial charge in [-0.3, -0.25) is 14.5 Å². The second-order valence-electron chi connectivity index (χ2n) is 10.2. The minimum atomic E-state index is -0.621. The number of rotatable bonds is 7. The first kappa shape index (κ1) is 24.8. The first-order valence-electron chi connectivity index (χ1n) is 12.5. The number of ether oxygens (including phenoxy) is 2. The first-order valence-corrected chi connectivity index (χ1v) is 12.5. The van der Waals surface area contributed by atoms with Crippen LogP contribution in [0.4, 0.5) is 11.4 Å². The van der Waals surface area contributed by atoms with E-state index in [1.54, 1.807) is 14.2 Å². The van der Waals surface area contributed by atoms with Crippen LogP contribution < -0.4 is 19.7 Å². The topological polar surface area (TPSA) is 67.9 Å². The number of hydrogen-bond acceptors (Lipinski definition) is 5. The molecule has 1 N–H and O–H groups in total. The van der Waals surface area contributed by atoms with Crippen LogP contribution in [-0.2, 0) is 9.59 Å². The average molecular weight is 477 g/mol. The SMILES string of the molecule is CCCCCC(=O)N1c2ccccc2NC2=C(C(=O)CC(C)(C)C2)C1c1cc(OC)ccc1OC. The standard InChI is InChI=1S/C29H36N2O4/c1-6-7-8-13-26(33)31-23-12-10-9-11-21(23)30-22-17-29(2,3)18-24(32)27(22)28(31)20-16-19(34-4)14-15-25(20)35-5/h9-12,14-16,28,30H,6-8,13,17-18H2,1-5H3. The lowest BCUT2D eigenvalue weighted by Gasteiger charge is -2.37. The molecule has 1 aliphatic carbocycles. The molecule has 6 heteroatoms. The van der Waals surface area contributed by atoms with Gasteiger partial charge < -0.3 is 14.8 Å². The van der Waals surface area contributed by atoms with Crippen molar-refractivity contribution in [1.82, 2.24) is 0 Å². The van der Waals surface area contributed by atoms with Crippen molar-refractivity contribution in [3.8, 4) is 11.5 Å². The number of nitrogens with zero attached hydrogens (tertiary/aromatic N) is 1. The van der Waals surface area contributed by atoms with Crippen LogP contribution >= 0.6 is 0 Å². The third kappa shape index (κ3) is 4.93. The number of anilines is 2. The Bertz CT molecular complexity index is 1150. The van der Waals surface area contributed by atoms with Crippen LogP contribution in [0.1, 0.15) is 70.9 Å². The molecule has 0 radical (unpaired) electrons. The number of para-hydroxylation sites is 2. The molecule has 35 heavy (non-hydrogen) atoms. The van der Waals surface area contributed by atoms with E-state index in [0.29, 0.717) is 36.3 Å². The van der Waals surface area contributed by atoms with E-state index < -0.39 is 6.04 Å². The molecule has 6 nitrogen and oxygen atoms in total. The predicted molar refractivity (Wildman–Crippen MR) is 139 cm³/mol. The van der Waals surface area contributed by atoms with Crippen molar-refractivity contribution in [3.05, 3.63) is 59.3 Å². The number of unbranched alkanes of at least 4 members (excludes halogenated alkanes) is 2. The van der Waals surface area contributed by atoms with E-state index in [9.17, 15) is 9.59 Å². The summed E-state index contributed by atoms with van der Waals surface area (Å²) in [5.41, 5.74) is 3.67. The molecule has 186 valence electrons. The number of benzene rings is 2. The van der Waals surface area contributed by atoms with Crippen LogP contribution in [0.25, 0.3) is 0 Å². The minimum absolute atomic E-state index is 0.00560. The van der Waals surface area contributed by atoms with Gasteiger partial charge in [-0.25, -0.2) is 0 Å². The Balaban J connectivity index is 1.99. The summed E-state index contributed by atoms with van der Waals surface area (Å²) in [5.74, 6) is 1.31. The fourth-order valence-corrected chi connectivity index (χ4v) is 5.26. The molecule has 1 aliphatic heterocycles. The molecule has 1 heterocycles. The van der Waals surface area contributed by atoms with Crippen molar-refractivity contribution >= 4 is 23.1 Å². The predicted octanol–water partition coefficient (Wildman–Crippen LogP) is 6.43. The van der Waals surface area contributed by atoms with E-state index >= 15 is 0 Å². The van der Waals surface area contributed by atoms with E-state index in [1.165, 1.54) is 0 Å². The third-order valence-corrected chi connectivity index (χ3v) is 6.90. The fraction of sp³-hybridized carbons (Fsp3) is 0.448. The number of carbonyl (C=O) groups excluding carboxylic acids is 2. The Morgan fingerprint density at radius 1 is 1.09 bits per heavy atom. The lowest BCUT2D eigenvalue weighted by atomic mass is 9.73. The Hall–Kier alpha value is -3.28. The molecule has 2 aromatic carbocycles. The lowest BCUT2D eigenvalue weighted by molar-refractivity contribution is -0.119. The fourth-order valence-electron chi connectivity index (χ4n) is 5.26. The molecule has 0 fully saturated rings. The number of hydrogen-bond donors (Lipinski definition) is 1. The molecule has 0 saturated carbocycles. The number of fused-ring (bicyclic) bond motifs is 1. The van der Waals surface area contributed by atoms with Crippen LogP contribution in [0.5, 0.6) is 11.5 Å². The van der Waals surface area contributed by atoms with Crippen LogP contribution in [0.2, 0.25) is 0 Å². The highest BCUT2D eigenvalue weighted by atomic mass is 16.5. The van der Waals surface area contributed by atoms with Crippen molar-refractivity contribution < 1.29 is 19.1 Å². The molecule has 4 rings (SSSR count). The average Bonchev–Trinajstić information content (AvgIpc) is 2.97. The number of carbonyl (C=O) groups is 2. The molecule has 0 bridgehead atoms. The Labute approximate surface area is 208 Å². The van der Waals surface area contributed by atoms with Gasteiger partial charge in [0, 0.05) is 29.7 Å². The van der Waals surface area contributed by atoms with Gasteiger partial charge in [0.25, 0.3) is 0 Å². The van der Waals surface area contributed by atoms with E-state index in [-0.39, 0.29) is 17.1 Å². The van der Waals surface area contributed by atoms with Crippen molar-refractivity contribution in [2.24, 2.45) is 5.41 Å². The molecule has 1 amide bonds. The van der Waals surface area contributed by atoms with E-state index in [1.807, 2.05) is 47.4 Å². The maximum atomic E-state index is 13.9. The molecule has 1 unspecified atom stereocenters. The Kier molecular flexibility index (Phi) is 7.20. The van der Waals surface area contributed by atoms with E-state index in [4.69, 9.17) is 9.47 Å². The highest BCUT2D eigenvalue weighted by Crippen LogP contribution is 2.50. The van der Waals surface area contributed by atoms with Crippen LogP contribution in [0, 0.1) is 5.41 Å². The molecule has 0 aromatic heterocycles. The Morgan fingerprint density at radius 2 is 1.86 bits per heavy atom. The number of methoxy groups -OCH3 is 2. The zero-order valence-corrected chi connectivity index (χ0v) is 21.4. The van der Waals surface area contributed by atoms with Crippen molar-refractivity contribution in [2.75, 3.05) is 24.4 Å². The smallest absolute Gasteiger partial charge is 0.227 e. The summed E-state index contributed by atoms with van der Waals surface area (Å²) >= 11 is 0. The van der Waals surface area contributed by atoms with E-state index in [0.717, 1.165) is 41.9 Å². The zero-order valence-electron chi connectivity index (χ0n) is 21.4. The maximum absolute atomic E-state index is 13.9. The quantitative estimate of drug-likeness (QED) is 0.467. The van der Waals surface area contributed by atoms with Crippen molar-refractivity contribution in [2.45, 2.75) is 65.3 Å². The van der Waals surface area contributed by atoms with Gasteiger partial charge in [0.05, 0.1) is 31.6 Å². The minimum Gasteiger partial charge on any atom is -0.497 e. The van der Waals surface area contributed by atoms with Crippen molar-refractivity contribution in [3.63, 3.8) is 0 Å². The summed E-state index contributed by atoms with van der Waals surface area (Å²) in [6.07, 6.45) is 4.35. The highest BCUT2D eigenvalue weighted by molar-refractivity contribution is 6.06. The third-order valence-electron chi connectivity index (χ3n) is 6.90. The molecular formula is C29H36N2O4. The summed E-state index contributed by atoms with van der Waals surface area (Å²) in [4.78, 5) is 29.5. The number of amides is 1. The normalized spacial score (nSPS) is 18.8. The van der Waals surface area contributed by atoms with Crippen LogP contribution in [0.15, 0.2) is 53.7 Å². The number of allylic oxidation sites excluding steroid dienone is 1. The van der Waals surface area contributed by atoms with Gasteiger partial charge >= 0.3 is 0 Å². The largest absolute Gasteiger partial charge is 0.497 e. The maximum Gasteiger partial charge on any atom is 0.227 e. The molecule has 0 spiro atoms. The Morgan fingerprint density at radius 3 is 2.57 bits per heavy atom. The van der Waals surface area contributed by atoms with Gasteiger partial charge in [0.1, 0.15) is 11.5 Å². The summed E-state index contributed by atoms with van der Waals surface area (Å²) in [7, 11) is 3.23. The molecule has 1 atom stereocenters. The monoisotopic (exact) mass is 476 g/mol. The summed E-state index contributed by atoms with van der Waals surface area (Å²) in [6.45, 7) is 6.35.